The molecule has 0 radical (unpaired) electrons. The van der Waals surface area contributed by atoms with E-state index >= 15 is 0 Å². The van der Waals surface area contributed by atoms with Crippen molar-refractivity contribution >= 4 is 5.78 Å². The lowest BCUT2D eigenvalue weighted by Gasteiger charge is -2.07. The molecule has 0 saturated heterocycles. The van der Waals surface area contributed by atoms with Gasteiger partial charge >= 0.3 is 0 Å². The van der Waals surface area contributed by atoms with Crippen molar-refractivity contribution in [1.82, 2.24) is 0 Å². The topological polar surface area (TPSA) is 43.1 Å². The maximum Gasteiger partial charge on any atom is 0.149 e. The fraction of sp³-hybridized carbons (Fsp3) is 0.769. The molecule has 2 N–H and O–H groups in total. The monoisotopic (exact) mass is 209 g/mol. The van der Waals surface area contributed by atoms with Crippen LogP contribution in [0.15, 0.2) is 12.2 Å². The van der Waals surface area contributed by atoms with E-state index in [4.69, 9.17) is 5.73 Å². The molecule has 1 atom stereocenters. The highest BCUT2D eigenvalue weighted by atomic mass is 16.1. The summed E-state index contributed by atoms with van der Waals surface area (Å²) in [7, 11) is 0. The van der Waals surface area contributed by atoms with Gasteiger partial charge in [0.2, 0.25) is 0 Å². The van der Waals surface area contributed by atoms with Crippen molar-refractivity contribution in [3.63, 3.8) is 0 Å². The Morgan fingerprint density at radius 2 is 1.67 bits per heavy atom. The zero-order chi connectivity index (χ0) is 10.9. The average Bonchev–Trinajstić information content (AvgIpc) is 2.25. The fourth-order valence-electron chi connectivity index (χ4n) is 1.95. The molecule has 0 aromatic rings. The van der Waals surface area contributed by atoms with E-state index in [1.54, 1.807) is 0 Å². The number of Topliss-reactive ketones (excluding diaryl/α,β-unsaturated/α-hetero) is 1. The molecule has 1 aliphatic rings. The maximum atomic E-state index is 11.6. The molecule has 0 aromatic carbocycles. The van der Waals surface area contributed by atoms with Crippen LogP contribution in [0.2, 0.25) is 0 Å². The molecule has 0 amide bonds. The molecular weight excluding hydrogens is 186 g/mol. The molecule has 0 saturated carbocycles. The molecule has 1 unspecified atom stereocenters. The van der Waals surface area contributed by atoms with Gasteiger partial charge in [0.1, 0.15) is 5.78 Å². The Bertz CT molecular complexity index is 211. The standard InChI is InChI=1S/C13H23NO/c14-12-10-8-6-4-2-1-3-5-7-9-11-13(12)15/h6,8,12H,1-5,7,9-11,14H2/b8-6-. The molecule has 86 valence electrons. The maximum absolute atomic E-state index is 11.6. The SMILES string of the molecule is NC1C/C=C\CCCCCCCCC1=O. The van der Waals surface area contributed by atoms with Gasteiger partial charge in [0.15, 0.2) is 0 Å². The number of carbonyl (C=O) groups is 1. The number of ketones is 1. The third kappa shape index (κ3) is 5.73. The van der Waals surface area contributed by atoms with Crippen molar-refractivity contribution in [1.29, 1.82) is 0 Å². The lowest BCUT2D eigenvalue weighted by Crippen LogP contribution is -2.29. The van der Waals surface area contributed by atoms with Crippen molar-refractivity contribution in [3.8, 4) is 0 Å². The minimum absolute atomic E-state index is 0.235. The average molecular weight is 209 g/mol. The van der Waals surface area contributed by atoms with E-state index in [0.717, 1.165) is 19.3 Å². The number of carbonyl (C=O) groups excluding carboxylic acids is 1. The predicted octanol–water partition coefficient (Wildman–Crippen LogP) is 2.96. The molecule has 0 aromatic heterocycles. The van der Waals surface area contributed by atoms with Crippen molar-refractivity contribution in [2.24, 2.45) is 5.73 Å². The van der Waals surface area contributed by atoms with Gasteiger partial charge in [-0.2, -0.15) is 0 Å². The third-order valence-corrected chi connectivity index (χ3v) is 3.01. The molecule has 2 heteroatoms. The summed E-state index contributed by atoms with van der Waals surface area (Å²) in [6.45, 7) is 0. The van der Waals surface area contributed by atoms with Crippen LogP contribution in [0, 0.1) is 0 Å². The van der Waals surface area contributed by atoms with Gasteiger partial charge in [-0.3, -0.25) is 4.79 Å². The van der Waals surface area contributed by atoms with Gasteiger partial charge in [0.25, 0.3) is 0 Å². The van der Waals surface area contributed by atoms with Crippen LogP contribution in [0.1, 0.15) is 57.8 Å². The Labute approximate surface area is 92.9 Å². The molecule has 0 bridgehead atoms. The summed E-state index contributed by atoms with van der Waals surface area (Å²) < 4.78 is 0. The van der Waals surface area contributed by atoms with Crippen LogP contribution < -0.4 is 5.73 Å². The molecule has 1 rings (SSSR count). The molecule has 0 fully saturated rings. The zero-order valence-electron chi connectivity index (χ0n) is 9.58. The van der Waals surface area contributed by atoms with Gasteiger partial charge in [-0.15, -0.1) is 0 Å². The van der Waals surface area contributed by atoms with Crippen LogP contribution in [-0.4, -0.2) is 11.8 Å². The van der Waals surface area contributed by atoms with E-state index in [9.17, 15) is 4.79 Å². The van der Waals surface area contributed by atoms with Gasteiger partial charge in [0.05, 0.1) is 6.04 Å². The van der Waals surface area contributed by atoms with Gasteiger partial charge in [-0.1, -0.05) is 37.8 Å². The van der Waals surface area contributed by atoms with E-state index in [1.807, 2.05) is 0 Å². The van der Waals surface area contributed by atoms with E-state index in [0.29, 0.717) is 6.42 Å². The van der Waals surface area contributed by atoms with Crippen LogP contribution in [0.3, 0.4) is 0 Å². The summed E-state index contributed by atoms with van der Waals surface area (Å²) in [6, 6.07) is -0.262. The minimum Gasteiger partial charge on any atom is -0.321 e. The second-order valence-electron chi connectivity index (χ2n) is 4.44. The first kappa shape index (κ1) is 12.4. The molecular formula is C13H23NO. The van der Waals surface area contributed by atoms with Crippen LogP contribution in [-0.2, 0) is 4.79 Å². The Morgan fingerprint density at radius 1 is 1.00 bits per heavy atom. The Morgan fingerprint density at radius 3 is 2.47 bits per heavy atom. The van der Waals surface area contributed by atoms with E-state index < -0.39 is 0 Å². The second-order valence-corrected chi connectivity index (χ2v) is 4.44. The van der Waals surface area contributed by atoms with Crippen LogP contribution >= 0.6 is 0 Å². The summed E-state index contributed by atoms with van der Waals surface area (Å²) in [6.07, 6.45) is 14.2. The predicted molar refractivity (Wildman–Crippen MR) is 63.7 cm³/mol. The van der Waals surface area contributed by atoms with Crippen molar-refractivity contribution in [3.05, 3.63) is 12.2 Å². The summed E-state index contributed by atoms with van der Waals surface area (Å²) in [4.78, 5) is 11.6. The summed E-state index contributed by atoms with van der Waals surface area (Å²) in [5, 5.41) is 0. The number of hydrogen-bond donors (Lipinski definition) is 1. The summed E-state index contributed by atoms with van der Waals surface area (Å²) in [5.74, 6) is 0.235. The van der Waals surface area contributed by atoms with Gasteiger partial charge in [-0.25, -0.2) is 0 Å². The fourth-order valence-corrected chi connectivity index (χ4v) is 1.95. The van der Waals surface area contributed by atoms with Crippen LogP contribution in [0.5, 0.6) is 0 Å². The second kappa shape index (κ2) is 7.63. The summed E-state index contributed by atoms with van der Waals surface area (Å²) >= 11 is 0. The Hall–Kier alpha value is -0.630. The largest absolute Gasteiger partial charge is 0.321 e. The van der Waals surface area contributed by atoms with Gasteiger partial charge < -0.3 is 5.73 Å². The number of rotatable bonds is 0. The number of allylic oxidation sites excluding steroid dienone is 1. The number of nitrogens with two attached hydrogens (primary N) is 1. The zero-order valence-corrected chi connectivity index (χ0v) is 9.58. The first-order chi connectivity index (χ1) is 7.30. The highest BCUT2D eigenvalue weighted by Gasteiger charge is 2.10. The molecule has 1 aliphatic carbocycles. The molecule has 15 heavy (non-hydrogen) atoms. The van der Waals surface area contributed by atoms with E-state index in [2.05, 4.69) is 12.2 Å². The quantitative estimate of drug-likeness (QED) is 0.623. The van der Waals surface area contributed by atoms with Gasteiger partial charge in [-0.05, 0) is 25.7 Å². The van der Waals surface area contributed by atoms with Crippen molar-refractivity contribution in [2.45, 2.75) is 63.8 Å². The van der Waals surface area contributed by atoms with Crippen LogP contribution in [0.4, 0.5) is 0 Å². The van der Waals surface area contributed by atoms with Crippen molar-refractivity contribution < 1.29 is 4.79 Å². The van der Waals surface area contributed by atoms with Gasteiger partial charge in [0, 0.05) is 6.42 Å². The molecule has 2 nitrogen and oxygen atoms in total. The van der Waals surface area contributed by atoms with Crippen LogP contribution in [0.25, 0.3) is 0 Å². The normalized spacial score (nSPS) is 28.6. The first-order valence-corrected chi connectivity index (χ1v) is 6.24. The van der Waals surface area contributed by atoms with Crippen molar-refractivity contribution in [2.75, 3.05) is 0 Å². The molecule has 0 aliphatic heterocycles. The smallest absolute Gasteiger partial charge is 0.149 e. The first-order valence-electron chi connectivity index (χ1n) is 6.24. The van der Waals surface area contributed by atoms with E-state index in [-0.39, 0.29) is 11.8 Å². The molecule has 0 spiro atoms. The Balaban J connectivity index is 2.36. The molecule has 0 heterocycles. The minimum atomic E-state index is -0.262. The Kier molecular flexibility index (Phi) is 6.33. The highest BCUT2D eigenvalue weighted by molar-refractivity contribution is 5.83. The van der Waals surface area contributed by atoms with E-state index in [1.165, 1.54) is 32.1 Å². The lowest BCUT2D eigenvalue weighted by molar-refractivity contribution is -0.120. The summed E-state index contributed by atoms with van der Waals surface area (Å²) in [5.41, 5.74) is 5.80. The number of hydrogen-bond acceptors (Lipinski definition) is 2. The highest BCUT2D eigenvalue weighted by Crippen LogP contribution is 2.11. The third-order valence-electron chi connectivity index (χ3n) is 3.01. The lowest BCUT2D eigenvalue weighted by atomic mass is 10.0.